The molecule has 9 nitrogen and oxygen atoms in total. The smallest absolute Gasteiger partial charge is 0.247 e. The number of methoxy groups -OCH3 is 1. The first-order valence-electron chi connectivity index (χ1n) is 11.3. The number of sulfone groups is 1. The molecule has 2 aromatic rings. The summed E-state index contributed by atoms with van der Waals surface area (Å²) in [5, 5.41) is 6.05. The fourth-order valence-electron chi connectivity index (χ4n) is 3.67. The number of anilines is 1. The zero-order valence-electron chi connectivity index (χ0n) is 20.4. The Bertz CT molecular complexity index is 1070. The topological polar surface area (TPSA) is 117 Å². The Balaban J connectivity index is 1.60. The Hall–Kier alpha value is -2.43. The molecule has 0 radical (unpaired) electrons. The van der Waals surface area contributed by atoms with Crippen molar-refractivity contribution < 1.29 is 31.9 Å². The quantitative estimate of drug-likeness (QED) is 0.533. The van der Waals surface area contributed by atoms with Gasteiger partial charge in [0.25, 0.3) is 0 Å². The lowest BCUT2D eigenvalue weighted by Crippen LogP contribution is -2.50. The third-order valence-electron chi connectivity index (χ3n) is 6.20. The number of hydrogen-bond donors (Lipinski definition) is 1. The fourth-order valence-corrected chi connectivity index (χ4v) is 5.62. The highest BCUT2D eigenvalue weighted by Crippen LogP contribution is 2.30. The summed E-state index contributed by atoms with van der Waals surface area (Å²) in [6.07, 6.45) is 0.770. The molecule has 1 aliphatic rings. The Morgan fingerprint density at radius 1 is 1.15 bits per heavy atom. The highest BCUT2D eigenvalue weighted by atomic mass is 32.2. The van der Waals surface area contributed by atoms with Gasteiger partial charge in [-0.05, 0) is 44.4 Å². The third kappa shape index (κ3) is 5.79. The monoisotopic (exact) mass is 494 g/mol. The fraction of sp³-hybridized carbons (Fsp3) is 0.583. The average molecular weight is 495 g/mol. The molecule has 1 aromatic heterocycles. The van der Waals surface area contributed by atoms with Crippen LogP contribution in [0.2, 0.25) is 0 Å². The molecule has 1 fully saturated rings. The van der Waals surface area contributed by atoms with E-state index in [1.165, 1.54) is 13.8 Å². The van der Waals surface area contributed by atoms with Crippen molar-refractivity contribution in [2.75, 3.05) is 32.2 Å². The largest absolute Gasteiger partial charge is 0.497 e. The highest BCUT2D eigenvalue weighted by Gasteiger charge is 2.47. The maximum Gasteiger partial charge on any atom is 0.247 e. The van der Waals surface area contributed by atoms with Crippen LogP contribution in [0.15, 0.2) is 34.9 Å². The van der Waals surface area contributed by atoms with Crippen LogP contribution in [-0.2, 0) is 36.1 Å². The molecule has 1 amide bonds. The van der Waals surface area contributed by atoms with E-state index < -0.39 is 31.2 Å². The van der Waals surface area contributed by atoms with Crippen LogP contribution in [0.5, 0.6) is 5.75 Å². The number of ether oxygens (including phenoxy) is 3. The van der Waals surface area contributed by atoms with E-state index in [0.717, 1.165) is 11.3 Å². The van der Waals surface area contributed by atoms with Crippen molar-refractivity contribution in [2.45, 2.75) is 62.6 Å². The van der Waals surface area contributed by atoms with Gasteiger partial charge in [0.1, 0.15) is 10.5 Å². The van der Waals surface area contributed by atoms with Gasteiger partial charge in [-0.3, -0.25) is 10.1 Å². The van der Waals surface area contributed by atoms with Crippen molar-refractivity contribution in [3.05, 3.63) is 41.6 Å². The van der Waals surface area contributed by atoms with Gasteiger partial charge >= 0.3 is 0 Å². The summed E-state index contributed by atoms with van der Waals surface area (Å²) in [7, 11) is -2.11. The van der Waals surface area contributed by atoms with E-state index in [2.05, 4.69) is 10.5 Å². The van der Waals surface area contributed by atoms with Gasteiger partial charge in [0.05, 0.1) is 31.3 Å². The Kier molecular flexibility index (Phi) is 8.05. The number of rotatable bonds is 10. The van der Waals surface area contributed by atoms with Gasteiger partial charge in [-0.15, -0.1) is 0 Å². The molecular formula is C24H34N2O7S. The van der Waals surface area contributed by atoms with Gasteiger partial charge < -0.3 is 18.7 Å². The van der Waals surface area contributed by atoms with Crippen LogP contribution in [0.3, 0.4) is 0 Å². The molecule has 0 bridgehead atoms. The van der Waals surface area contributed by atoms with Gasteiger partial charge in [0.2, 0.25) is 11.8 Å². The summed E-state index contributed by atoms with van der Waals surface area (Å²) < 4.78 is 46.1. The molecule has 34 heavy (non-hydrogen) atoms. The predicted octanol–water partition coefficient (Wildman–Crippen LogP) is 3.49. The zero-order valence-corrected chi connectivity index (χ0v) is 21.2. The first-order chi connectivity index (χ1) is 16.0. The number of carbonyl (C=O) groups is 1. The van der Waals surface area contributed by atoms with Gasteiger partial charge in [-0.25, -0.2) is 8.42 Å². The minimum atomic E-state index is -3.73. The first kappa shape index (κ1) is 26.2. The van der Waals surface area contributed by atoms with E-state index in [1.54, 1.807) is 13.2 Å². The number of aromatic nitrogens is 1. The van der Waals surface area contributed by atoms with E-state index in [1.807, 2.05) is 38.1 Å². The van der Waals surface area contributed by atoms with Crippen molar-refractivity contribution in [1.82, 2.24) is 5.16 Å². The molecule has 10 heteroatoms. The first-order valence-corrected chi connectivity index (χ1v) is 12.8. The number of carbonyl (C=O) groups excluding carboxylic acids is 1. The van der Waals surface area contributed by atoms with Crippen molar-refractivity contribution >= 4 is 21.6 Å². The standard InChI is InChI=1S/C24H34N2O7S/c1-23(2,16-32-15-17-6-8-18(30-5)9-7-17)20-14-21(33-26-20)25-22(27)24(3,4)34(28,29)19-10-12-31-13-11-19/h6-9,14,19H,10-13,15-16H2,1-5H3,(H,25,27). The number of hydrogen-bond acceptors (Lipinski definition) is 8. The maximum atomic E-state index is 13.1. The molecule has 0 atom stereocenters. The normalized spacial score (nSPS) is 15.8. The Labute approximate surface area is 201 Å². The van der Waals surface area contributed by atoms with E-state index in [0.29, 0.717) is 45.0 Å². The Morgan fingerprint density at radius 3 is 2.41 bits per heavy atom. The molecule has 1 aromatic carbocycles. The Morgan fingerprint density at radius 2 is 1.79 bits per heavy atom. The minimum Gasteiger partial charge on any atom is -0.497 e. The van der Waals surface area contributed by atoms with E-state index in [4.69, 9.17) is 18.7 Å². The van der Waals surface area contributed by atoms with Crippen LogP contribution in [0.1, 0.15) is 51.8 Å². The van der Waals surface area contributed by atoms with Crippen LogP contribution in [0.25, 0.3) is 0 Å². The summed E-state index contributed by atoms with van der Waals surface area (Å²) in [6.45, 7) is 8.28. The summed E-state index contributed by atoms with van der Waals surface area (Å²) in [5.74, 6) is 0.221. The molecule has 0 saturated carbocycles. The molecule has 1 N–H and O–H groups in total. The van der Waals surface area contributed by atoms with Crippen molar-refractivity contribution in [3.63, 3.8) is 0 Å². The molecule has 1 aliphatic heterocycles. The zero-order chi connectivity index (χ0) is 25.0. The van der Waals surface area contributed by atoms with Crippen LogP contribution in [0.4, 0.5) is 5.88 Å². The lowest BCUT2D eigenvalue weighted by atomic mass is 9.90. The van der Waals surface area contributed by atoms with E-state index in [9.17, 15) is 13.2 Å². The van der Waals surface area contributed by atoms with Gasteiger partial charge in [0, 0.05) is 24.7 Å². The average Bonchev–Trinajstić information content (AvgIpc) is 3.29. The number of benzene rings is 1. The molecule has 1 saturated heterocycles. The molecule has 2 heterocycles. The molecule has 0 aliphatic carbocycles. The number of nitrogens with one attached hydrogen (secondary N) is 1. The molecular weight excluding hydrogens is 460 g/mol. The molecule has 0 spiro atoms. The van der Waals surface area contributed by atoms with Crippen LogP contribution in [-0.4, -0.2) is 56.4 Å². The lowest BCUT2D eigenvalue weighted by molar-refractivity contribution is -0.118. The summed E-state index contributed by atoms with van der Waals surface area (Å²) >= 11 is 0. The second-order valence-corrected chi connectivity index (χ2v) is 12.4. The number of nitrogens with zero attached hydrogens (tertiary/aromatic N) is 1. The molecule has 188 valence electrons. The third-order valence-corrected chi connectivity index (χ3v) is 9.15. The van der Waals surface area contributed by atoms with Gasteiger partial charge in [0.15, 0.2) is 9.84 Å². The van der Waals surface area contributed by atoms with Crippen LogP contribution >= 0.6 is 0 Å². The number of amides is 1. The maximum absolute atomic E-state index is 13.1. The second kappa shape index (κ2) is 10.5. The summed E-state index contributed by atoms with van der Waals surface area (Å²) in [5.41, 5.74) is 1.10. The van der Waals surface area contributed by atoms with Crippen LogP contribution in [0, 0.1) is 0 Å². The van der Waals surface area contributed by atoms with E-state index in [-0.39, 0.29) is 5.88 Å². The van der Waals surface area contributed by atoms with Gasteiger partial charge in [-0.2, -0.15) is 0 Å². The second-order valence-electron chi connectivity index (χ2n) is 9.62. The van der Waals surface area contributed by atoms with Crippen LogP contribution < -0.4 is 10.1 Å². The molecule has 3 rings (SSSR count). The lowest BCUT2D eigenvalue weighted by Gasteiger charge is -2.30. The minimum absolute atomic E-state index is 0.0958. The van der Waals surface area contributed by atoms with E-state index >= 15 is 0 Å². The van der Waals surface area contributed by atoms with Gasteiger partial charge in [-0.1, -0.05) is 31.1 Å². The van der Waals surface area contributed by atoms with Crippen molar-refractivity contribution in [2.24, 2.45) is 0 Å². The van der Waals surface area contributed by atoms with Crippen molar-refractivity contribution in [3.8, 4) is 5.75 Å². The van der Waals surface area contributed by atoms with Crippen molar-refractivity contribution in [1.29, 1.82) is 0 Å². The SMILES string of the molecule is COc1ccc(COCC(C)(C)c2cc(NC(=O)C(C)(C)S(=O)(=O)C3CCOCC3)on2)cc1. The highest BCUT2D eigenvalue weighted by molar-refractivity contribution is 7.94. The molecule has 0 unspecified atom stereocenters. The predicted molar refractivity (Wildman–Crippen MR) is 128 cm³/mol. The summed E-state index contributed by atoms with van der Waals surface area (Å²) in [4.78, 5) is 12.9. The summed E-state index contributed by atoms with van der Waals surface area (Å²) in [6, 6.07) is 9.23.